The molecule has 0 atom stereocenters. The Morgan fingerprint density at radius 2 is 0.902 bits per heavy atom. The molecular formula is C48H29BO2. The normalized spacial score (nSPS) is 12.6. The van der Waals surface area contributed by atoms with Gasteiger partial charge in [-0.2, -0.15) is 0 Å². The van der Waals surface area contributed by atoms with Gasteiger partial charge in [-0.3, -0.25) is 0 Å². The maximum atomic E-state index is 6.83. The van der Waals surface area contributed by atoms with E-state index in [1.165, 1.54) is 54.6 Å². The van der Waals surface area contributed by atoms with Crippen LogP contribution in [0.1, 0.15) is 0 Å². The lowest BCUT2D eigenvalue weighted by Gasteiger charge is -2.33. The van der Waals surface area contributed by atoms with Crippen LogP contribution in [0, 0.1) is 0 Å². The topological polar surface area (TPSA) is 18.5 Å². The summed E-state index contributed by atoms with van der Waals surface area (Å²) in [5, 5.41) is 7.47. The van der Waals surface area contributed by atoms with E-state index in [4.69, 9.17) is 9.47 Å². The molecule has 0 spiro atoms. The van der Waals surface area contributed by atoms with Gasteiger partial charge in [0.15, 0.2) is 0 Å². The monoisotopic (exact) mass is 648 g/mol. The lowest BCUT2D eigenvalue weighted by molar-refractivity contribution is 0.465. The zero-order valence-corrected chi connectivity index (χ0v) is 27.6. The Morgan fingerprint density at radius 1 is 0.353 bits per heavy atom. The number of fused-ring (bicyclic) bond motifs is 7. The Hall–Kier alpha value is -6.58. The largest absolute Gasteiger partial charge is 0.458 e. The first kappa shape index (κ1) is 28.3. The molecule has 0 amide bonds. The van der Waals surface area contributed by atoms with E-state index < -0.39 is 0 Å². The third-order valence-corrected chi connectivity index (χ3v) is 10.8. The molecule has 9 aromatic rings. The summed E-state index contributed by atoms with van der Waals surface area (Å²) in [4.78, 5) is 0. The first-order chi connectivity index (χ1) is 25.3. The van der Waals surface area contributed by atoms with Gasteiger partial charge in [-0.1, -0.05) is 146 Å². The van der Waals surface area contributed by atoms with Crippen LogP contribution in [0.3, 0.4) is 0 Å². The summed E-state index contributed by atoms with van der Waals surface area (Å²) in [5.41, 5.74) is 10.5. The Kier molecular flexibility index (Phi) is 6.08. The molecule has 0 saturated heterocycles. The van der Waals surface area contributed by atoms with Gasteiger partial charge in [-0.25, -0.2) is 0 Å². The third-order valence-electron chi connectivity index (χ3n) is 10.8. The van der Waals surface area contributed by atoms with E-state index in [-0.39, 0.29) is 6.71 Å². The highest BCUT2D eigenvalue weighted by atomic mass is 16.5. The highest BCUT2D eigenvalue weighted by molar-refractivity contribution is 6.98. The summed E-state index contributed by atoms with van der Waals surface area (Å²) in [6.45, 7) is 0.0311. The standard InChI is InChI=1S/C48H29BO2/c1-2-13-31-28-34(27-26-30(31)12-1)46-38-18-5-3-16-36(38)45(37-17-4-6-19-39(37)46)33-15-9-14-32(29-33)35-20-10-22-41-48(35)51-44-25-11-24-43-47(44)49(41)40-21-7-8-23-42(40)50-43/h1-29H. The molecule has 236 valence electrons. The summed E-state index contributed by atoms with van der Waals surface area (Å²) in [7, 11) is 0. The minimum absolute atomic E-state index is 0.0311. The molecule has 2 heterocycles. The van der Waals surface area contributed by atoms with Crippen LogP contribution in [-0.2, 0) is 0 Å². The van der Waals surface area contributed by atoms with Gasteiger partial charge in [0.25, 0.3) is 6.71 Å². The molecule has 0 N–H and O–H groups in total. The van der Waals surface area contributed by atoms with E-state index in [0.29, 0.717) is 0 Å². The number of benzene rings is 9. The molecule has 2 aliphatic heterocycles. The number of rotatable bonds is 3. The summed E-state index contributed by atoms with van der Waals surface area (Å²) in [6.07, 6.45) is 0. The maximum absolute atomic E-state index is 6.83. The highest BCUT2D eigenvalue weighted by Crippen LogP contribution is 2.45. The van der Waals surface area contributed by atoms with Crippen molar-refractivity contribution >= 4 is 55.4 Å². The predicted octanol–water partition coefficient (Wildman–Crippen LogP) is 10.9. The Bertz CT molecular complexity index is 2830. The number of para-hydroxylation sites is 2. The fourth-order valence-electron chi connectivity index (χ4n) is 8.57. The average Bonchev–Trinajstić information content (AvgIpc) is 3.19. The van der Waals surface area contributed by atoms with Crippen LogP contribution in [0.2, 0.25) is 0 Å². The minimum Gasteiger partial charge on any atom is -0.458 e. The SMILES string of the molecule is c1cc(-c2cccc3c2Oc2cccc4c2B3c2ccccc2O4)cc(-c2c3ccccc3c(-c3ccc4ccccc4c3)c3ccccc23)c1. The fraction of sp³-hybridized carbons (Fsp3) is 0. The summed E-state index contributed by atoms with van der Waals surface area (Å²) in [6, 6.07) is 63.3. The number of ether oxygens (including phenoxy) is 2. The van der Waals surface area contributed by atoms with E-state index in [2.05, 4.69) is 158 Å². The molecular weight excluding hydrogens is 619 g/mol. The summed E-state index contributed by atoms with van der Waals surface area (Å²) < 4.78 is 13.2. The van der Waals surface area contributed by atoms with Crippen molar-refractivity contribution in [2.24, 2.45) is 0 Å². The van der Waals surface area contributed by atoms with Gasteiger partial charge in [-0.05, 0) is 101 Å². The van der Waals surface area contributed by atoms with Gasteiger partial charge in [0.2, 0.25) is 0 Å². The van der Waals surface area contributed by atoms with Crippen LogP contribution in [0.4, 0.5) is 0 Å². The molecule has 9 aromatic carbocycles. The van der Waals surface area contributed by atoms with Crippen LogP contribution in [0.25, 0.3) is 65.7 Å². The molecule has 2 aliphatic rings. The highest BCUT2D eigenvalue weighted by Gasteiger charge is 2.40. The molecule has 0 aliphatic carbocycles. The van der Waals surface area contributed by atoms with Crippen molar-refractivity contribution in [3.63, 3.8) is 0 Å². The smallest absolute Gasteiger partial charge is 0.260 e. The van der Waals surface area contributed by atoms with Crippen molar-refractivity contribution in [3.05, 3.63) is 176 Å². The van der Waals surface area contributed by atoms with Gasteiger partial charge in [0.05, 0.1) is 0 Å². The quantitative estimate of drug-likeness (QED) is 0.140. The van der Waals surface area contributed by atoms with Crippen molar-refractivity contribution in [1.82, 2.24) is 0 Å². The second-order valence-corrected chi connectivity index (χ2v) is 13.6. The van der Waals surface area contributed by atoms with Crippen LogP contribution >= 0.6 is 0 Å². The van der Waals surface area contributed by atoms with Crippen molar-refractivity contribution in [1.29, 1.82) is 0 Å². The first-order valence-electron chi connectivity index (χ1n) is 17.5. The molecule has 0 radical (unpaired) electrons. The van der Waals surface area contributed by atoms with Crippen LogP contribution in [0.5, 0.6) is 23.0 Å². The minimum atomic E-state index is 0.0311. The van der Waals surface area contributed by atoms with Crippen LogP contribution in [-0.4, -0.2) is 6.71 Å². The summed E-state index contributed by atoms with van der Waals surface area (Å²) in [5.74, 6) is 3.52. The molecule has 2 nitrogen and oxygen atoms in total. The van der Waals surface area contributed by atoms with Crippen LogP contribution < -0.4 is 25.9 Å². The Morgan fingerprint density at radius 3 is 1.67 bits per heavy atom. The van der Waals surface area contributed by atoms with Crippen molar-refractivity contribution in [3.8, 4) is 56.4 Å². The molecule has 0 bridgehead atoms. The predicted molar refractivity (Wildman–Crippen MR) is 213 cm³/mol. The Balaban J connectivity index is 1.11. The maximum Gasteiger partial charge on any atom is 0.260 e. The molecule has 3 heteroatoms. The molecule has 0 aromatic heterocycles. The molecule has 0 unspecified atom stereocenters. The van der Waals surface area contributed by atoms with Crippen molar-refractivity contribution in [2.45, 2.75) is 0 Å². The van der Waals surface area contributed by atoms with E-state index in [1.54, 1.807) is 0 Å². The van der Waals surface area contributed by atoms with Gasteiger partial charge < -0.3 is 9.47 Å². The van der Waals surface area contributed by atoms with Gasteiger partial charge in [0.1, 0.15) is 23.0 Å². The second-order valence-electron chi connectivity index (χ2n) is 13.6. The zero-order valence-electron chi connectivity index (χ0n) is 27.6. The zero-order chi connectivity index (χ0) is 33.5. The molecule has 51 heavy (non-hydrogen) atoms. The molecule has 0 saturated carbocycles. The average molecular weight is 649 g/mol. The first-order valence-corrected chi connectivity index (χ1v) is 17.5. The van der Waals surface area contributed by atoms with Gasteiger partial charge >= 0.3 is 0 Å². The van der Waals surface area contributed by atoms with Gasteiger partial charge in [0, 0.05) is 11.0 Å². The fourth-order valence-corrected chi connectivity index (χ4v) is 8.57. The number of hydrogen-bond acceptors (Lipinski definition) is 2. The lowest BCUT2D eigenvalue weighted by atomic mass is 9.34. The second kappa shape index (κ2) is 11.0. The van der Waals surface area contributed by atoms with E-state index >= 15 is 0 Å². The number of hydrogen-bond donors (Lipinski definition) is 0. The van der Waals surface area contributed by atoms with E-state index in [9.17, 15) is 0 Å². The van der Waals surface area contributed by atoms with E-state index in [1.807, 2.05) is 18.2 Å². The van der Waals surface area contributed by atoms with Gasteiger partial charge in [-0.15, -0.1) is 0 Å². The van der Waals surface area contributed by atoms with E-state index in [0.717, 1.165) is 50.5 Å². The molecule has 0 fully saturated rings. The van der Waals surface area contributed by atoms with Crippen LogP contribution in [0.15, 0.2) is 176 Å². The van der Waals surface area contributed by atoms with Crippen molar-refractivity contribution < 1.29 is 9.47 Å². The lowest BCUT2D eigenvalue weighted by Crippen LogP contribution is -2.57. The Labute approximate surface area is 296 Å². The summed E-state index contributed by atoms with van der Waals surface area (Å²) >= 11 is 0. The third kappa shape index (κ3) is 4.25. The van der Waals surface area contributed by atoms with Crippen molar-refractivity contribution in [2.75, 3.05) is 0 Å². The molecule has 11 rings (SSSR count).